The number of carbonyl (C=O) groups excluding carboxylic acids is 1. The lowest BCUT2D eigenvalue weighted by Crippen LogP contribution is -2.33. The normalized spacial score (nSPS) is 10.4. The number of hydrogen-bond donors (Lipinski definition) is 3. The van der Waals surface area contributed by atoms with Crippen molar-refractivity contribution in [3.8, 4) is 0 Å². The van der Waals surface area contributed by atoms with Gasteiger partial charge in [0.1, 0.15) is 5.69 Å². The lowest BCUT2D eigenvalue weighted by Gasteiger charge is -2.13. The van der Waals surface area contributed by atoms with E-state index in [1.165, 1.54) is 12.4 Å². The average molecular weight is 238 g/mol. The Morgan fingerprint density at radius 3 is 2.94 bits per heavy atom. The van der Waals surface area contributed by atoms with Crippen LogP contribution in [0.15, 0.2) is 12.4 Å². The topological polar surface area (TPSA) is 96.2 Å². The molecule has 4 N–H and O–H groups in total. The molecule has 0 saturated heterocycles. The molecule has 0 aliphatic rings. The molecule has 17 heavy (non-hydrogen) atoms. The van der Waals surface area contributed by atoms with Crippen LogP contribution in [0.1, 0.15) is 17.4 Å². The van der Waals surface area contributed by atoms with Gasteiger partial charge >= 0.3 is 0 Å². The Hall–Kier alpha value is -1.73. The van der Waals surface area contributed by atoms with Gasteiger partial charge in [-0.05, 0) is 13.6 Å². The Bertz CT molecular complexity index is 370. The van der Waals surface area contributed by atoms with Crippen molar-refractivity contribution in [3.63, 3.8) is 0 Å². The minimum atomic E-state index is -0.251. The van der Waals surface area contributed by atoms with Gasteiger partial charge in [-0.25, -0.2) is 10.8 Å². The van der Waals surface area contributed by atoms with E-state index in [2.05, 4.69) is 32.5 Å². The molecule has 0 spiro atoms. The molecule has 7 nitrogen and oxygen atoms in total. The standard InChI is InChI=1S/C10H18N6O/c1-3-16(2)5-4-13-10(17)8-6-12-7-9(14-8)15-11/h6-7H,3-5,11H2,1-2H3,(H,13,17)(H,14,15). The van der Waals surface area contributed by atoms with Gasteiger partial charge in [0.25, 0.3) is 5.91 Å². The van der Waals surface area contributed by atoms with Gasteiger partial charge in [-0.1, -0.05) is 6.92 Å². The van der Waals surface area contributed by atoms with Crippen LogP contribution in [-0.4, -0.2) is 47.5 Å². The van der Waals surface area contributed by atoms with Crippen LogP contribution >= 0.6 is 0 Å². The van der Waals surface area contributed by atoms with E-state index in [-0.39, 0.29) is 11.6 Å². The van der Waals surface area contributed by atoms with Gasteiger partial charge in [-0.2, -0.15) is 0 Å². The first-order valence-corrected chi connectivity index (χ1v) is 5.42. The Morgan fingerprint density at radius 1 is 1.53 bits per heavy atom. The van der Waals surface area contributed by atoms with Crippen molar-refractivity contribution in [2.75, 3.05) is 32.1 Å². The molecule has 0 aliphatic heterocycles. The molecule has 0 fully saturated rings. The summed E-state index contributed by atoms with van der Waals surface area (Å²) in [6.07, 6.45) is 2.85. The van der Waals surface area contributed by atoms with E-state index in [1.54, 1.807) is 0 Å². The average Bonchev–Trinajstić information content (AvgIpc) is 2.38. The number of nitrogens with two attached hydrogens (primary N) is 1. The van der Waals surface area contributed by atoms with Gasteiger partial charge in [0.05, 0.1) is 12.4 Å². The molecule has 1 heterocycles. The molecule has 0 saturated carbocycles. The number of carbonyl (C=O) groups is 1. The largest absolute Gasteiger partial charge is 0.349 e. The van der Waals surface area contributed by atoms with Crippen molar-refractivity contribution < 1.29 is 4.79 Å². The number of hydrazine groups is 1. The molecule has 1 aromatic rings. The molecule has 1 amide bonds. The quantitative estimate of drug-likeness (QED) is 0.454. The SMILES string of the molecule is CCN(C)CCNC(=O)c1cncc(NN)n1. The first kappa shape index (κ1) is 13.3. The fourth-order valence-electron chi connectivity index (χ4n) is 1.15. The molecule has 94 valence electrons. The molecule has 7 heteroatoms. The van der Waals surface area contributed by atoms with Gasteiger partial charge < -0.3 is 15.6 Å². The second-order valence-corrected chi connectivity index (χ2v) is 3.59. The highest BCUT2D eigenvalue weighted by atomic mass is 16.1. The minimum Gasteiger partial charge on any atom is -0.349 e. The summed E-state index contributed by atoms with van der Waals surface area (Å²) < 4.78 is 0. The first-order valence-electron chi connectivity index (χ1n) is 5.42. The highest BCUT2D eigenvalue weighted by Gasteiger charge is 2.07. The van der Waals surface area contributed by atoms with Gasteiger partial charge in [-0.15, -0.1) is 0 Å². The number of amides is 1. The summed E-state index contributed by atoms with van der Waals surface area (Å²) in [6, 6.07) is 0. The van der Waals surface area contributed by atoms with Crippen LogP contribution in [-0.2, 0) is 0 Å². The second-order valence-electron chi connectivity index (χ2n) is 3.59. The number of nitrogens with zero attached hydrogens (tertiary/aromatic N) is 3. The van der Waals surface area contributed by atoms with E-state index >= 15 is 0 Å². The predicted molar refractivity (Wildman–Crippen MR) is 65.3 cm³/mol. The lowest BCUT2D eigenvalue weighted by molar-refractivity contribution is 0.0945. The Morgan fingerprint density at radius 2 is 2.29 bits per heavy atom. The predicted octanol–water partition coefficient (Wildman–Crippen LogP) is -0.556. The Labute approximate surface area is 100 Å². The van der Waals surface area contributed by atoms with Crippen LogP contribution in [0.4, 0.5) is 5.82 Å². The highest BCUT2D eigenvalue weighted by molar-refractivity contribution is 5.92. The smallest absolute Gasteiger partial charge is 0.271 e. The van der Waals surface area contributed by atoms with E-state index < -0.39 is 0 Å². The maximum absolute atomic E-state index is 11.7. The Balaban J connectivity index is 2.46. The summed E-state index contributed by atoms with van der Waals surface area (Å²) in [6.45, 7) is 4.38. The number of rotatable bonds is 6. The van der Waals surface area contributed by atoms with E-state index in [4.69, 9.17) is 5.84 Å². The number of anilines is 1. The van der Waals surface area contributed by atoms with Crippen molar-refractivity contribution >= 4 is 11.7 Å². The zero-order chi connectivity index (χ0) is 12.7. The van der Waals surface area contributed by atoms with E-state index in [0.717, 1.165) is 13.1 Å². The van der Waals surface area contributed by atoms with Crippen LogP contribution in [0.5, 0.6) is 0 Å². The second kappa shape index (κ2) is 6.77. The summed E-state index contributed by atoms with van der Waals surface area (Å²) in [5, 5.41) is 2.76. The van der Waals surface area contributed by atoms with Crippen molar-refractivity contribution in [2.45, 2.75) is 6.92 Å². The van der Waals surface area contributed by atoms with E-state index in [0.29, 0.717) is 12.4 Å². The number of hydrogen-bond acceptors (Lipinski definition) is 6. The fourth-order valence-corrected chi connectivity index (χ4v) is 1.15. The third kappa shape index (κ3) is 4.33. The van der Waals surface area contributed by atoms with Crippen LogP contribution in [0.25, 0.3) is 0 Å². The zero-order valence-electron chi connectivity index (χ0n) is 10.1. The minimum absolute atomic E-state index is 0.250. The summed E-state index contributed by atoms with van der Waals surface area (Å²) in [5.74, 6) is 5.30. The molecule has 0 atom stereocenters. The van der Waals surface area contributed by atoms with Gasteiger partial charge in [0.2, 0.25) is 0 Å². The summed E-state index contributed by atoms with van der Waals surface area (Å²) in [5.41, 5.74) is 2.59. The van der Waals surface area contributed by atoms with Crippen molar-refractivity contribution in [2.24, 2.45) is 5.84 Å². The van der Waals surface area contributed by atoms with E-state index in [9.17, 15) is 4.79 Å². The Kier molecular flexibility index (Phi) is 5.31. The van der Waals surface area contributed by atoms with Gasteiger partial charge in [-0.3, -0.25) is 9.78 Å². The first-order chi connectivity index (χ1) is 8.17. The monoisotopic (exact) mass is 238 g/mol. The van der Waals surface area contributed by atoms with E-state index in [1.807, 2.05) is 7.05 Å². The molecule has 0 unspecified atom stereocenters. The molecular weight excluding hydrogens is 220 g/mol. The van der Waals surface area contributed by atoms with Crippen LogP contribution in [0, 0.1) is 0 Å². The molecule has 1 rings (SSSR count). The van der Waals surface area contributed by atoms with Gasteiger partial charge in [0.15, 0.2) is 5.82 Å². The third-order valence-corrected chi connectivity index (χ3v) is 2.33. The number of likely N-dealkylation sites (N-methyl/N-ethyl adjacent to an activating group) is 1. The summed E-state index contributed by atoms with van der Waals surface area (Å²) >= 11 is 0. The summed E-state index contributed by atoms with van der Waals surface area (Å²) in [4.78, 5) is 21.6. The van der Waals surface area contributed by atoms with Crippen molar-refractivity contribution in [1.29, 1.82) is 0 Å². The highest BCUT2D eigenvalue weighted by Crippen LogP contribution is 1.99. The zero-order valence-corrected chi connectivity index (χ0v) is 10.1. The third-order valence-electron chi connectivity index (χ3n) is 2.33. The van der Waals surface area contributed by atoms with Gasteiger partial charge in [0, 0.05) is 13.1 Å². The van der Waals surface area contributed by atoms with Crippen molar-refractivity contribution in [1.82, 2.24) is 20.2 Å². The number of nitrogens with one attached hydrogen (secondary N) is 2. The summed E-state index contributed by atoms with van der Waals surface area (Å²) in [7, 11) is 1.99. The van der Waals surface area contributed by atoms with Crippen molar-refractivity contribution in [3.05, 3.63) is 18.1 Å². The molecule has 0 bridgehead atoms. The van der Waals surface area contributed by atoms with Crippen LogP contribution < -0.4 is 16.6 Å². The van der Waals surface area contributed by atoms with Crippen LogP contribution in [0.3, 0.4) is 0 Å². The number of aromatic nitrogens is 2. The molecule has 0 aromatic carbocycles. The molecule has 0 aliphatic carbocycles. The van der Waals surface area contributed by atoms with Crippen LogP contribution in [0.2, 0.25) is 0 Å². The molecule has 1 aromatic heterocycles. The molecular formula is C10H18N6O. The lowest BCUT2D eigenvalue weighted by atomic mass is 10.4. The fraction of sp³-hybridized carbons (Fsp3) is 0.500. The maximum Gasteiger partial charge on any atom is 0.271 e. The molecule has 0 radical (unpaired) electrons. The number of nitrogen functional groups attached to an aromatic ring is 1. The maximum atomic E-state index is 11.7.